The number of carbonyl (C=O) groups is 3. The smallest absolute Gasteiger partial charge is 0.323 e. The van der Waals surface area contributed by atoms with Crippen molar-refractivity contribution >= 4 is 29.3 Å². The van der Waals surface area contributed by atoms with Gasteiger partial charge in [-0.3, -0.25) is 9.59 Å². The van der Waals surface area contributed by atoms with Crippen molar-refractivity contribution in [1.29, 1.82) is 0 Å². The maximum Gasteiger partial charge on any atom is 0.323 e. The third-order valence-electron chi connectivity index (χ3n) is 6.17. The van der Waals surface area contributed by atoms with Gasteiger partial charge in [0.25, 0.3) is 5.91 Å². The number of hydrogen-bond donors (Lipinski definition) is 2. The van der Waals surface area contributed by atoms with Gasteiger partial charge >= 0.3 is 12.0 Å². The number of nitrogens with zero attached hydrogens (tertiary/aromatic N) is 1. The second-order valence-electron chi connectivity index (χ2n) is 8.61. The van der Waals surface area contributed by atoms with Crippen molar-refractivity contribution in [2.45, 2.75) is 44.4 Å². The van der Waals surface area contributed by atoms with E-state index in [4.69, 9.17) is 14.2 Å². The lowest BCUT2D eigenvalue weighted by Crippen LogP contribution is -2.53. The van der Waals surface area contributed by atoms with Crippen LogP contribution in [0.5, 0.6) is 5.75 Å². The number of carbonyl (C=O) groups excluding carboxylic acids is 3. The Bertz CT molecular complexity index is 1090. The highest BCUT2D eigenvalue weighted by Crippen LogP contribution is 2.32. The summed E-state index contributed by atoms with van der Waals surface area (Å²) in [6.45, 7) is 2.19. The molecule has 2 aliphatic heterocycles. The second-order valence-corrected chi connectivity index (χ2v) is 8.61. The van der Waals surface area contributed by atoms with E-state index in [9.17, 15) is 14.4 Å². The molecule has 0 radical (unpaired) electrons. The van der Waals surface area contributed by atoms with Crippen LogP contribution in [0.25, 0.3) is 0 Å². The Morgan fingerprint density at radius 3 is 2.62 bits per heavy atom. The average molecular weight is 468 g/mol. The largest absolute Gasteiger partial charge is 0.490 e. The summed E-state index contributed by atoms with van der Waals surface area (Å²) in [5.41, 5.74) is 2.55. The standard InChI is InChI=1S/C25H29N3O6/c1-15-5-4-6-16(11-15)26-25(31)27-17-7-10-21-19(12-17)24(30)28(2)20-9-8-18(13-23(29)32-3)34-22(20)14-33-21/h4-7,10-12,18,20,22H,8-9,13-14H2,1-3H3,(H2,26,27,31)/t18-,20-,22-/m1/s1. The van der Waals surface area contributed by atoms with Gasteiger partial charge in [0.2, 0.25) is 0 Å². The highest BCUT2D eigenvalue weighted by Gasteiger charge is 2.39. The molecule has 4 rings (SSSR count). The van der Waals surface area contributed by atoms with Crippen LogP contribution < -0.4 is 15.4 Å². The first kappa shape index (κ1) is 23.6. The number of anilines is 2. The van der Waals surface area contributed by atoms with Gasteiger partial charge in [-0.2, -0.15) is 0 Å². The first-order valence-corrected chi connectivity index (χ1v) is 11.2. The number of ether oxygens (including phenoxy) is 3. The van der Waals surface area contributed by atoms with E-state index in [-0.39, 0.29) is 43.2 Å². The normalized spacial score (nSPS) is 21.8. The summed E-state index contributed by atoms with van der Waals surface area (Å²) in [6, 6.07) is 11.9. The van der Waals surface area contributed by atoms with Crippen molar-refractivity contribution in [2.24, 2.45) is 0 Å². The van der Waals surface area contributed by atoms with Crippen molar-refractivity contribution in [3.8, 4) is 5.75 Å². The number of amides is 3. The molecule has 0 saturated carbocycles. The Balaban J connectivity index is 1.47. The van der Waals surface area contributed by atoms with Crippen molar-refractivity contribution < 1.29 is 28.6 Å². The van der Waals surface area contributed by atoms with E-state index < -0.39 is 6.03 Å². The average Bonchev–Trinajstić information content (AvgIpc) is 2.81. The molecule has 3 atom stereocenters. The van der Waals surface area contributed by atoms with Crippen molar-refractivity contribution in [3.63, 3.8) is 0 Å². The molecule has 9 nitrogen and oxygen atoms in total. The summed E-state index contributed by atoms with van der Waals surface area (Å²) in [6.07, 6.45) is 0.876. The second kappa shape index (κ2) is 10.1. The molecule has 0 aliphatic carbocycles. The molecule has 180 valence electrons. The Labute approximate surface area is 198 Å². The van der Waals surface area contributed by atoms with Gasteiger partial charge in [-0.15, -0.1) is 0 Å². The van der Waals surface area contributed by atoms with Gasteiger partial charge in [-0.1, -0.05) is 12.1 Å². The first-order valence-electron chi connectivity index (χ1n) is 11.2. The van der Waals surface area contributed by atoms with E-state index in [2.05, 4.69) is 10.6 Å². The lowest BCUT2D eigenvalue weighted by Gasteiger charge is -2.42. The molecular weight excluding hydrogens is 438 g/mol. The SMILES string of the molecule is COC(=O)C[C@H]1CC[C@@H]2[C@@H](COc3ccc(NC(=O)Nc4cccc(C)c4)cc3C(=O)N2C)O1. The number of fused-ring (bicyclic) bond motifs is 2. The number of urea groups is 1. The third-order valence-corrected chi connectivity index (χ3v) is 6.17. The van der Waals surface area contributed by atoms with E-state index >= 15 is 0 Å². The van der Waals surface area contributed by atoms with Crippen LogP contribution in [0.15, 0.2) is 42.5 Å². The van der Waals surface area contributed by atoms with Gasteiger partial charge in [0.15, 0.2) is 0 Å². The third kappa shape index (κ3) is 5.31. The maximum absolute atomic E-state index is 13.3. The Hall–Kier alpha value is -3.59. The predicted octanol–water partition coefficient (Wildman–Crippen LogP) is 3.58. The van der Waals surface area contributed by atoms with Crippen LogP contribution in [0.3, 0.4) is 0 Å². The van der Waals surface area contributed by atoms with Crippen molar-refractivity contribution in [2.75, 3.05) is 31.4 Å². The number of benzene rings is 2. The van der Waals surface area contributed by atoms with Gasteiger partial charge in [0.05, 0.1) is 31.2 Å². The van der Waals surface area contributed by atoms with Crippen LogP contribution in [-0.2, 0) is 14.3 Å². The minimum atomic E-state index is -0.407. The van der Waals surface area contributed by atoms with Crippen LogP contribution in [0.2, 0.25) is 0 Å². The van der Waals surface area contributed by atoms with E-state index in [0.29, 0.717) is 35.5 Å². The molecule has 2 heterocycles. The molecule has 0 bridgehead atoms. The van der Waals surface area contributed by atoms with Crippen LogP contribution in [0.1, 0.15) is 35.2 Å². The summed E-state index contributed by atoms with van der Waals surface area (Å²) >= 11 is 0. The van der Waals surface area contributed by atoms with Crippen LogP contribution >= 0.6 is 0 Å². The molecule has 0 spiro atoms. The predicted molar refractivity (Wildman–Crippen MR) is 126 cm³/mol. The van der Waals surface area contributed by atoms with E-state index in [1.807, 2.05) is 25.1 Å². The van der Waals surface area contributed by atoms with E-state index in [1.54, 1.807) is 36.2 Å². The number of rotatable bonds is 4. The molecule has 0 unspecified atom stereocenters. The molecule has 3 amide bonds. The molecule has 2 N–H and O–H groups in total. The number of nitrogens with one attached hydrogen (secondary N) is 2. The zero-order valence-corrected chi connectivity index (χ0v) is 19.5. The van der Waals surface area contributed by atoms with Gasteiger partial charge in [0.1, 0.15) is 18.5 Å². The molecule has 34 heavy (non-hydrogen) atoms. The minimum Gasteiger partial charge on any atom is -0.490 e. The topological polar surface area (TPSA) is 106 Å². The summed E-state index contributed by atoms with van der Waals surface area (Å²) in [4.78, 5) is 39.1. The highest BCUT2D eigenvalue weighted by molar-refractivity contribution is 6.02. The van der Waals surface area contributed by atoms with Gasteiger partial charge in [-0.25, -0.2) is 4.79 Å². The highest BCUT2D eigenvalue weighted by atomic mass is 16.5. The van der Waals surface area contributed by atoms with Crippen LogP contribution in [-0.4, -0.2) is 61.8 Å². The van der Waals surface area contributed by atoms with E-state index in [0.717, 1.165) is 5.56 Å². The fourth-order valence-corrected chi connectivity index (χ4v) is 4.39. The fraction of sp³-hybridized carbons (Fsp3) is 0.400. The Kier molecular flexibility index (Phi) is 7.02. The molecule has 2 aliphatic rings. The molecule has 1 saturated heterocycles. The lowest BCUT2D eigenvalue weighted by atomic mass is 9.94. The van der Waals surface area contributed by atoms with Gasteiger partial charge in [0, 0.05) is 18.4 Å². The van der Waals surface area contributed by atoms with Crippen LogP contribution in [0, 0.1) is 6.92 Å². The summed E-state index contributed by atoms with van der Waals surface area (Å²) in [5.74, 6) is -0.127. The van der Waals surface area contributed by atoms with Crippen LogP contribution in [0.4, 0.5) is 16.2 Å². The van der Waals surface area contributed by atoms with Gasteiger partial charge in [-0.05, 0) is 55.7 Å². The monoisotopic (exact) mass is 467 g/mol. The summed E-state index contributed by atoms with van der Waals surface area (Å²) < 4.78 is 16.8. The molecule has 2 aromatic rings. The first-order chi connectivity index (χ1) is 16.3. The number of esters is 1. The number of methoxy groups -OCH3 is 1. The fourth-order valence-electron chi connectivity index (χ4n) is 4.39. The molecule has 2 aromatic carbocycles. The number of aryl methyl sites for hydroxylation is 1. The summed E-state index contributed by atoms with van der Waals surface area (Å²) in [7, 11) is 3.09. The minimum absolute atomic E-state index is 0.174. The zero-order valence-electron chi connectivity index (χ0n) is 19.5. The molecular formula is C25H29N3O6. The Morgan fingerprint density at radius 1 is 1.12 bits per heavy atom. The molecule has 9 heteroatoms. The molecule has 1 fully saturated rings. The number of likely N-dealkylation sites (N-methyl/N-ethyl adjacent to an activating group) is 1. The molecule has 0 aromatic heterocycles. The van der Waals surface area contributed by atoms with Crippen molar-refractivity contribution in [3.05, 3.63) is 53.6 Å². The van der Waals surface area contributed by atoms with Crippen molar-refractivity contribution in [1.82, 2.24) is 4.90 Å². The quantitative estimate of drug-likeness (QED) is 0.666. The Morgan fingerprint density at radius 2 is 1.88 bits per heavy atom. The summed E-state index contributed by atoms with van der Waals surface area (Å²) in [5, 5.41) is 5.56. The number of hydrogen-bond acceptors (Lipinski definition) is 6. The lowest BCUT2D eigenvalue weighted by molar-refractivity contribution is -0.151. The maximum atomic E-state index is 13.3. The zero-order chi connectivity index (χ0) is 24.2. The van der Waals surface area contributed by atoms with E-state index in [1.165, 1.54) is 7.11 Å². The van der Waals surface area contributed by atoms with Gasteiger partial charge < -0.3 is 29.7 Å².